The molecule has 1 saturated carbocycles. The van der Waals surface area contributed by atoms with Gasteiger partial charge in [-0.25, -0.2) is 15.2 Å². The monoisotopic (exact) mass is 838 g/mol. The number of pyridine rings is 1. The SMILES string of the molecule is CCn1c(-c2cccnc2[C@H](C)OC)c2c3cc(ccc31)-c1csc(n1)C[C@H](NC(=O)[C@H](C(C)C)N(C)C(=O)N(C)C1CC1)C(=O)N1CCC[C@H](N1)C(=O)CCC(C)(C)C2. The average Bonchev–Trinajstić information content (AvgIpc) is 3.92. The van der Waals surface area contributed by atoms with Gasteiger partial charge in [0.05, 0.1) is 34.2 Å². The molecule has 0 radical (unpaired) electrons. The van der Waals surface area contributed by atoms with Crippen molar-refractivity contribution in [1.82, 2.24) is 40.1 Å². The molecular formula is C46H62N8O5S. The van der Waals surface area contributed by atoms with Crippen LogP contribution >= 0.6 is 11.3 Å². The van der Waals surface area contributed by atoms with Crippen molar-refractivity contribution in [3.8, 4) is 22.5 Å². The van der Waals surface area contributed by atoms with Crippen LogP contribution in [0.15, 0.2) is 41.9 Å². The molecule has 3 aromatic heterocycles. The van der Waals surface area contributed by atoms with Crippen molar-refractivity contribution < 1.29 is 23.9 Å². The fraction of sp³-hybridized carbons (Fsp3) is 0.565. The zero-order valence-electron chi connectivity index (χ0n) is 36.7. The number of fused-ring (bicyclic) bond motifs is 6. The minimum absolute atomic E-state index is 0.0635. The van der Waals surface area contributed by atoms with Crippen LogP contribution in [-0.4, -0.2) is 105 Å². The third-order valence-electron chi connectivity index (χ3n) is 12.7. The van der Waals surface area contributed by atoms with E-state index in [1.807, 2.05) is 38.4 Å². The third-order valence-corrected chi connectivity index (χ3v) is 13.6. The molecule has 2 N–H and O–H groups in total. The number of thiazole rings is 1. The highest BCUT2D eigenvalue weighted by molar-refractivity contribution is 7.10. The first kappa shape index (κ1) is 43.4. The Labute approximate surface area is 358 Å². The number of amides is 4. The van der Waals surface area contributed by atoms with E-state index >= 15 is 0 Å². The number of carbonyl (C=O) groups is 4. The maximum absolute atomic E-state index is 14.5. The first-order valence-corrected chi connectivity index (χ1v) is 22.5. The summed E-state index contributed by atoms with van der Waals surface area (Å²) in [6.45, 7) is 13.6. The Morgan fingerprint density at radius 2 is 1.88 bits per heavy atom. The Morgan fingerprint density at radius 3 is 2.58 bits per heavy atom. The van der Waals surface area contributed by atoms with Crippen LogP contribution in [0.1, 0.15) is 102 Å². The summed E-state index contributed by atoms with van der Waals surface area (Å²) >= 11 is 1.45. The summed E-state index contributed by atoms with van der Waals surface area (Å²) in [5.41, 5.74) is 10.1. The quantitative estimate of drug-likeness (QED) is 0.181. The molecular weight excluding hydrogens is 777 g/mol. The molecule has 60 heavy (non-hydrogen) atoms. The molecule has 4 amide bonds. The predicted molar refractivity (Wildman–Crippen MR) is 235 cm³/mol. The number of methoxy groups -OCH3 is 1. The summed E-state index contributed by atoms with van der Waals surface area (Å²) in [6, 6.07) is 8.25. The summed E-state index contributed by atoms with van der Waals surface area (Å²) in [7, 11) is 5.14. The predicted octanol–water partition coefficient (Wildman–Crippen LogP) is 7.18. The van der Waals surface area contributed by atoms with E-state index in [4.69, 9.17) is 14.7 Å². The first-order valence-electron chi connectivity index (χ1n) is 21.6. The average molecular weight is 839 g/mol. The topological polar surface area (TPSA) is 142 Å². The van der Waals surface area contributed by atoms with E-state index in [0.717, 1.165) is 64.9 Å². The second kappa shape index (κ2) is 17.7. The number of nitrogens with zero attached hydrogens (tertiary/aromatic N) is 6. The lowest BCUT2D eigenvalue weighted by molar-refractivity contribution is -0.143. The maximum atomic E-state index is 14.5. The molecule has 4 atom stereocenters. The van der Waals surface area contributed by atoms with Gasteiger partial charge in [-0.15, -0.1) is 11.3 Å². The van der Waals surface area contributed by atoms with E-state index in [1.165, 1.54) is 26.8 Å². The smallest absolute Gasteiger partial charge is 0.320 e. The molecule has 3 aliphatic rings. The second-order valence-corrected chi connectivity index (χ2v) is 19.0. The fourth-order valence-corrected chi connectivity index (χ4v) is 9.95. The maximum Gasteiger partial charge on any atom is 0.320 e. The number of carbonyl (C=O) groups excluding carboxylic acids is 4. The highest BCUT2D eigenvalue weighted by Gasteiger charge is 2.40. The van der Waals surface area contributed by atoms with Crippen molar-refractivity contribution in [2.75, 3.05) is 27.7 Å². The molecule has 7 rings (SSSR count). The molecule has 1 saturated heterocycles. The van der Waals surface area contributed by atoms with Crippen LogP contribution in [0.3, 0.4) is 0 Å². The Kier molecular flexibility index (Phi) is 12.8. The number of ketones is 1. The molecule has 4 aromatic rings. The lowest BCUT2D eigenvalue weighted by Gasteiger charge is -2.37. The largest absolute Gasteiger partial charge is 0.375 e. The van der Waals surface area contributed by atoms with Gasteiger partial charge in [-0.3, -0.25) is 24.4 Å². The molecule has 2 aliphatic heterocycles. The van der Waals surface area contributed by atoms with Gasteiger partial charge >= 0.3 is 6.03 Å². The molecule has 0 spiro atoms. The fourth-order valence-electron chi connectivity index (χ4n) is 9.10. The summed E-state index contributed by atoms with van der Waals surface area (Å²) in [5, 5.41) is 8.41. The Balaban J connectivity index is 1.30. The summed E-state index contributed by atoms with van der Waals surface area (Å²) in [4.78, 5) is 69.4. The van der Waals surface area contributed by atoms with Crippen molar-refractivity contribution >= 4 is 45.9 Å². The molecule has 1 aromatic carbocycles. The Morgan fingerprint density at radius 1 is 1.12 bits per heavy atom. The number of Topliss-reactive ketones (excluding diaryl/α,β-unsaturated/α-hetero) is 1. The lowest BCUT2D eigenvalue weighted by atomic mass is 9.79. The number of aromatic nitrogens is 3. The zero-order valence-corrected chi connectivity index (χ0v) is 37.5. The van der Waals surface area contributed by atoms with Gasteiger partial charge in [0, 0.05) is 86.8 Å². The van der Waals surface area contributed by atoms with Crippen LogP contribution in [0.5, 0.6) is 0 Å². The number of hydrogen-bond acceptors (Lipinski definition) is 9. The number of hydrazine groups is 1. The van der Waals surface area contributed by atoms with Gasteiger partial charge in [0.25, 0.3) is 5.91 Å². The van der Waals surface area contributed by atoms with E-state index in [0.29, 0.717) is 37.2 Å². The van der Waals surface area contributed by atoms with Crippen molar-refractivity contribution in [2.45, 2.75) is 130 Å². The van der Waals surface area contributed by atoms with Gasteiger partial charge in [-0.05, 0) is 93.5 Å². The van der Waals surface area contributed by atoms with Gasteiger partial charge in [0.15, 0.2) is 5.78 Å². The number of likely N-dealkylation sites (N-methyl/N-ethyl adjacent to an activating group) is 1. The summed E-state index contributed by atoms with van der Waals surface area (Å²) < 4.78 is 8.19. The van der Waals surface area contributed by atoms with Crippen molar-refractivity contribution in [3.63, 3.8) is 0 Å². The standard InChI is InChI=1S/C46H62N8O5S/c1-10-53-37-18-15-29-23-32(37)33(42(53)31-13-11-21-47-40(31)28(4)59-9)25-46(5,6)20-19-38(55)34-14-12-22-54(50-34)44(57)35(24-39-48-36(29)26-60-39)49-43(56)41(27(2)3)52(8)45(58)51(7)30-16-17-30/h11,13,15,18,21,23,26-28,30,34-35,41,50H,10,12,14,16-17,19-20,22,24-25H2,1-9H3,(H,49,56)/t28-,34-,35-,41-/m0/s1. The number of urea groups is 1. The number of rotatable bonds is 9. The normalized spacial score (nSPS) is 20.8. The van der Waals surface area contributed by atoms with Gasteiger partial charge < -0.3 is 24.4 Å². The van der Waals surface area contributed by atoms with Crippen LogP contribution in [0.2, 0.25) is 0 Å². The Hall–Kier alpha value is -4.66. The minimum Gasteiger partial charge on any atom is -0.375 e. The van der Waals surface area contributed by atoms with Crippen molar-refractivity contribution in [3.05, 3.63) is 58.2 Å². The van der Waals surface area contributed by atoms with Crippen LogP contribution < -0.4 is 10.7 Å². The Bertz CT molecular complexity index is 2240. The number of hydrogen-bond donors (Lipinski definition) is 2. The lowest BCUT2D eigenvalue weighted by Crippen LogP contribution is -2.62. The van der Waals surface area contributed by atoms with Gasteiger partial charge in [-0.1, -0.05) is 33.8 Å². The first-order chi connectivity index (χ1) is 28.6. The molecule has 14 heteroatoms. The van der Waals surface area contributed by atoms with Crippen LogP contribution in [0.25, 0.3) is 33.4 Å². The summed E-state index contributed by atoms with van der Waals surface area (Å²) in [6.07, 6.45) is 6.63. The molecule has 6 bridgehead atoms. The third kappa shape index (κ3) is 8.87. The van der Waals surface area contributed by atoms with Crippen LogP contribution in [-0.2, 0) is 38.5 Å². The molecule has 2 fully saturated rings. The second-order valence-electron chi connectivity index (χ2n) is 18.1. The van der Waals surface area contributed by atoms with Crippen molar-refractivity contribution in [2.24, 2.45) is 11.3 Å². The van der Waals surface area contributed by atoms with Crippen LogP contribution in [0.4, 0.5) is 4.79 Å². The number of nitrogens with one attached hydrogen (secondary N) is 2. The van der Waals surface area contributed by atoms with E-state index in [2.05, 4.69) is 60.3 Å². The molecule has 13 nitrogen and oxygen atoms in total. The highest BCUT2D eigenvalue weighted by Crippen LogP contribution is 2.43. The zero-order chi connectivity index (χ0) is 43.0. The molecule has 5 heterocycles. The van der Waals surface area contributed by atoms with E-state index in [-0.39, 0.29) is 47.6 Å². The van der Waals surface area contributed by atoms with Gasteiger partial charge in [-0.2, -0.15) is 0 Å². The number of aryl methyl sites for hydroxylation is 1. The molecule has 1 aliphatic carbocycles. The molecule has 322 valence electrons. The van der Waals surface area contributed by atoms with Crippen LogP contribution in [0, 0.1) is 11.3 Å². The van der Waals surface area contributed by atoms with Crippen molar-refractivity contribution in [1.29, 1.82) is 0 Å². The van der Waals surface area contributed by atoms with E-state index in [1.54, 1.807) is 26.1 Å². The highest BCUT2D eigenvalue weighted by atomic mass is 32.1. The minimum atomic E-state index is -0.986. The van der Waals surface area contributed by atoms with Gasteiger partial charge in [0.2, 0.25) is 5.91 Å². The molecule has 0 unspecified atom stereocenters. The van der Waals surface area contributed by atoms with E-state index in [9.17, 15) is 19.2 Å². The number of benzene rings is 1. The number of ether oxygens (including phenoxy) is 1. The summed E-state index contributed by atoms with van der Waals surface area (Å²) in [5.74, 6) is -0.890. The van der Waals surface area contributed by atoms with E-state index < -0.39 is 24.0 Å². The van der Waals surface area contributed by atoms with Gasteiger partial charge in [0.1, 0.15) is 12.1 Å².